The molecule has 23 heavy (non-hydrogen) atoms. The van der Waals surface area contributed by atoms with E-state index in [4.69, 9.17) is 0 Å². The first-order valence-electron chi connectivity index (χ1n) is 7.36. The van der Waals surface area contributed by atoms with Crippen LogP contribution in [0.15, 0.2) is 42.5 Å². The van der Waals surface area contributed by atoms with Crippen LogP contribution in [0, 0.1) is 12.7 Å². The molecule has 0 aliphatic rings. The van der Waals surface area contributed by atoms with Crippen molar-refractivity contribution in [1.82, 2.24) is 0 Å². The summed E-state index contributed by atoms with van der Waals surface area (Å²) in [5, 5.41) is 5.50. The number of aryl methyl sites for hydroxylation is 2. The van der Waals surface area contributed by atoms with E-state index in [9.17, 15) is 14.0 Å². The first-order chi connectivity index (χ1) is 10.9. The molecule has 0 atom stereocenters. The zero-order valence-corrected chi connectivity index (χ0v) is 13.2. The highest BCUT2D eigenvalue weighted by Crippen LogP contribution is 2.20. The lowest BCUT2D eigenvalue weighted by Crippen LogP contribution is -2.14. The van der Waals surface area contributed by atoms with Crippen LogP contribution >= 0.6 is 0 Å². The predicted octanol–water partition coefficient (Wildman–Crippen LogP) is 3.66. The summed E-state index contributed by atoms with van der Waals surface area (Å²) in [5.41, 5.74) is 2.96. The van der Waals surface area contributed by atoms with E-state index in [0.717, 1.165) is 11.1 Å². The van der Waals surface area contributed by atoms with Crippen LogP contribution in [0.25, 0.3) is 0 Å². The standard InChI is InChI=1S/C18H19FN2O2/c1-12-6-8-16(20-13(2)22)11-17(12)21-18(23)9-7-14-4-3-5-15(19)10-14/h3-6,8,10-11H,7,9H2,1-2H3,(H,20,22)(H,21,23). The lowest BCUT2D eigenvalue weighted by Gasteiger charge is -2.11. The molecule has 0 aliphatic heterocycles. The van der Waals surface area contributed by atoms with Crippen molar-refractivity contribution in [2.45, 2.75) is 26.7 Å². The van der Waals surface area contributed by atoms with Crippen LogP contribution < -0.4 is 10.6 Å². The molecule has 2 aromatic rings. The van der Waals surface area contributed by atoms with E-state index in [1.54, 1.807) is 24.3 Å². The average molecular weight is 314 g/mol. The molecule has 0 radical (unpaired) electrons. The molecule has 2 aromatic carbocycles. The van der Waals surface area contributed by atoms with Gasteiger partial charge in [-0.15, -0.1) is 0 Å². The van der Waals surface area contributed by atoms with Crippen LogP contribution in [0.2, 0.25) is 0 Å². The number of halogens is 1. The molecule has 120 valence electrons. The highest BCUT2D eigenvalue weighted by atomic mass is 19.1. The molecule has 0 fully saturated rings. The fourth-order valence-corrected chi connectivity index (χ4v) is 2.20. The molecule has 0 saturated heterocycles. The third-order valence-corrected chi connectivity index (χ3v) is 3.36. The summed E-state index contributed by atoms with van der Waals surface area (Å²) in [4.78, 5) is 23.2. The van der Waals surface area contributed by atoms with Crippen LogP contribution in [0.4, 0.5) is 15.8 Å². The monoisotopic (exact) mass is 314 g/mol. The molecule has 0 saturated carbocycles. The van der Waals surface area contributed by atoms with Crippen LogP contribution in [0.5, 0.6) is 0 Å². The number of hydrogen-bond donors (Lipinski definition) is 2. The van der Waals surface area contributed by atoms with Gasteiger partial charge in [0.05, 0.1) is 0 Å². The van der Waals surface area contributed by atoms with E-state index in [1.165, 1.54) is 19.1 Å². The Balaban J connectivity index is 1.98. The van der Waals surface area contributed by atoms with Gasteiger partial charge in [-0.2, -0.15) is 0 Å². The molecule has 5 heteroatoms. The number of benzene rings is 2. The Morgan fingerprint density at radius 2 is 1.87 bits per heavy atom. The van der Waals surface area contributed by atoms with Gasteiger partial charge >= 0.3 is 0 Å². The van der Waals surface area contributed by atoms with Crippen molar-refractivity contribution in [2.75, 3.05) is 10.6 Å². The van der Waals surface area contributed by atoms with Gasteiger partial charge in [0.1, 0.15) is 5.82 Å². The van der Waals surface area contributed by atoms with Gasteiger partial charge in [-0.3, -0.25) is 9.59 Å². The van der Waals surface area contributed by atoms with Crippen LogP contribution in [-0.4, -0.2) is 11.8 Å². The Hall–Kier alpha value is -2.69. The minimum absolute atomic E-state index is 0.155. The van der Waals surface area contributed by atoms with Gasteiger partial charge in [0, 0.05) is 24.7 Å². The Morgan fingerprint density at radius 3 is 2.57 bits per heavy atom. The number of nitrogens with one attached hydrogen (secondary N) is 2. The van der Waals surface area contributed by atoms with E-state index < -0.39 is 0 Å². The van der Waals surface area contributed by atoms with Crippen molar-refractivity contribution in [3.8, 4) is 0 Å². The summed E-state index contributed by atoms with van der Waals surface area (Å²) in [7, 11) is 0. The third kappa shape index (κ3) is 5.21. The molecule has 0 aliphatic carbocycles. The molecule has 0 spiro atoms. The average Bonchev–Trinajstić information content (AvgIpc) is 2.48. The highest BCUT2D eigenvalue weighted by Gasteiger charge is 2.07. The quantitative estimate of drug-likeness (QED) is 0.885. The van der Waals surface area contributed by atoms with Gasteiger partial charge in [-0.25, -0.2) is 4.39 Å². The Kier molecular flexibility index (Phi) is 5.46. The van der Waals surface area contributed by atoms with Gasteiger partial charge < -0.3 is 10.6 Å². The maximum atomic E-state index is 13.1. The van der Waals surface area contributed by atoms with E-state index >= 15 is 0 Å². The molecule has 0 unspecified atom stereocenters. The minimum atomic E-state index is -0.304. The summed E-state index contributed by atoms with van der Waals surface area (Å²) >= 11 is 0. The van der Waals surface area contributed by atoms with Gasteiger partial charge in [-0.1, -0.05) is 18.2 Å². The summed E-state index contributed by atoms with van der Waals surface area (Å²) < 4.78 is 13.1. The topological polar surface area (TPSA) is 58.2 Å². The normalized spacial score (nSPS) is 10.2. The van der Waals surface area contributed by atoms with Gasteiger partial charge in [0.15, 0.2) is 0 Å². The van der Waals surface area contributed by atoms with Gasteiger partial charge in [0.2, 0.25) is 11.8 Å². The van der Waals surface area contributed by atoms with Gasteiger partial charge in [0.25, 0.3) is 0 Å². The lowest BCUT2D eigenvalue weighted by molar-refractivity contribution is -0.116. The fourth-order valence-electron chi connectivity index (χ4n) is 2.20. The first-order valence-corrected chi connectivity index (χ1v) is 7.36. The maximum Gasteiger partial charge on any atom is 0.224 e. The largest absolute Gasteiger partial charge is 0.326 e. The van der Waals surface area contributed by atoms with Crippen molar-refractivity contribution in [3.63, 3.8) is 0 Å². The Labute approximate surface area is 134 Å². The molecule has 0 heterocycles. The molecular weight excluding hydrogens is 295 g/mol. The van der Waals surface area contributed by atoms with Crippen LogP contribution in [-0.2, 0) is 16.0 Å². The summed E-state index contributed by atoms with van der Waals surface area (Å²) in [6.07, 6.45) is 0.723. The highest BCUT2D eigenvalue weighted by molar-refractivity contribution is 5.94. The summed E-state index contributed by atoms with van der Waals surface area (Å²) in [6.45, 7) is 3.30. The van der Waals surface area contributed by atoms with E-state index in [0.29, 0.717) is 17.8 Å². The summed E-state index contributed by atoms with van der Waals surface area (Å²) in [5.74, 6) is -0.628. The Bertz CT molecular complexity index is 729. The second-order valence-corrected chi connectivity index (χ2v) is 5.39. The van der Waals surface area contributed by atoms with Crippen molar-refractivity contribution in [3.05, 3.63) is 59.4 Å². The van der Waals surface area contributed by atoms with E-state index in [-0.39, 0.29) is 24.1 Å². The SMILES string of the molecule is CC(=O)Nc1ccc(C)c(NC(=O)CCc2cccc(F)c2)c1. The van der Waals surface area contributed by atoms with Crippen LogP contribution in [0.3, 0.4) is 0 Å². The molecule has 2 N–H and O–H groups in total. The molecule has 0 bridgehead atoms. The molecule has 0 aromatic heterocycles. The zero-order chi connectivity index (χ0) is 16.8. The number of carbonyl (C=O) groups excluding carboxylic acids is 2. The number of hydrogen-bond acceptors (Lipinski definition) is 2. The van der Waals surface area contributed by atoms with Gasteiger partial charge in [-0.05, 0) is 48.7 Å². The second kappa shape index (κ2) is 7.54. The lowest BCUT2D eigenvalue weighted by atomic mass is 10.1. The van der Waals surface area contributed by atoms with Crippen molar-refractivity contribution in [2.24, 2.45) is 0 Å². The van der Waals surface area contributed by atoms with Crippen LogP contribution in [0.1, 0.15) is 24.5 Å². The molecular formula is C18H19FN2O2. The van der Waals surface area contributed by atoms with Crippen molar-refractivity contribution >= 4 is 23.2 Å². The fraction of sp³-hybridized carbons (Fsp3) is 0.222. The smallest absolute Gasteiger partial charge is 0.224 e. The molecule has 2 rings (SSSR count). The zero-order valence-electron chi connectivity index (χ0n) is 13.2. The molecule has 4 nitrogen and oxygen atoms in total. The first kappa shape index (κ1) is 16.7. The maximum absolute atomic E-state index is 13.1. The predicted molar refractivity (Wildman–Crippen MR) is 88.8 cm³/mol. The Morgan fingerprint density at radius 1 is 1.09 bits per heavy atom. The molecule has 2 amide bonds. The van der Waals surface area contributed by atoms with E-state index in [1.807, 2.05) is 13.0 Å². The number of carbonyl (C=O) groups is 2. The summed E-state index contributed by atoms with van der Waals surface area (Å²) in [6, 6.07) is 11.5. The number of amides is 2. The number of rotatable bonds is 5. The minimum Gasteiger partial charge on any atom is -0.326 e. The van der Waals surface area contributed by atoms with E-state index in [2.05, 4.69) is 10.6 Å². The van der Waals surface area contributed by atoms with Crippen molar-refractivity contribution in [1.29, 1.82) is 0 Å². The third-order valence-electron chi connectivity index (χ3n) is 3.36. The second-order valence-electron chi connectivity index (χ2n) is 5.39. The van der Waals surface area contributed by atoms with Crippen molar-refractivity contribution < 1.29 is 14.0 Å². The number of anilines is 2.